The molecule has 0 spiro atoms. The molecule has 2 aliphatic rings. The molecule has 0 radical (unpaired) electrons. The highest BCUT2D eigenvalue weighted by atomic mass is 79.9. The van der Waals surface area contributed by atoms with Crippen LogP contribution in [-0.2, 0) is 15.9 Å². The van der Waals surface area contributed by atoms with Crippen molar-refractivity contribution in [2.24, 2.45) is 0 Å². The topological polar surface area (TPSA) is 30.5 Å². The maximum Gasteiger partial charge on any atom is 0.0809 e. The van der Waals surface area contributed by atoms with Crippen LogP contribution in [-0.4, -0.2) is 32.5 Å². The Hall–Kier alpha value is 0.0600. The van der Waals surface area contributed by atoms with E-state index in [4.69, 9.17) is 9.47 Å². The van der Waals surface area contributed by atoms with Crippen LogP contribution in [0.2, 0.25) is 0 Å². The summed E-state index contributed by atoms with van der Waals surface area (Å²) < 4.78 is 12.5. The number of nitrogens with one attached hydrogen (secondary N) is 1. The summed E-state index contributed by atoms with van der Waals surface area (Å²) in [5.74, 6) is 0. The van der Waals surface area contributed by atoms with Gasteiger partial charge in [0.2, 0.25) is 0 Å². The summed E-state index contributed by atoms with van der Waals surface area (Å²) in [6.07, 6.45) is 7.58. The number of aryl methyl sites for hydroxylation is 1. The molecule has 0 amide bonds. The number of hydrogen-bond acceptors (Lipinski definition) is 4. The molecule has 2 heterocycles. The molecule has 1 fully saturated rings. The van der Waals surface area contributed by atoms with Gasteiger partial charge in [-0.15, -0.1) is 11.3 Å². The molecule has 3 nitrogen and oxygen atoms in total. The van der Waals surface area contributed by atoms with E-state index in [0.29, 0.717) is 12.1 Å². The van der Waals surface area contributed by atoms with Gasteiger partial charge < -0.3 is 14.8 Å². The second-order valence-electron chi connectivity index (χ2n) is 5.89. The number of halogens is 1. The Bertz CT molecular complexity index is 445. The van der Waals surface area contributed by atoms with E-state index in [2.05, 4.69) is 27.3 Å². The average molecular weight is 374 g/mol. The lowest BCUT2D eigenvalue weighted by atomic mass is 9.94. The first-order chi connectivity index (χ1) is 10.3. The molecule has 0 saturated carbocycles. The summed E-state index contributed by atoms with van der Waals surface area (Å²) in [7, 11) is 0. The van der Waals surface area contributed by atoms with Crippen LogP contribution in [0.15, 0.2) is 9.85 Å². The highest BCUT2D eigenvalue weighted by Crippen LogP contribution is 2.37. The van der Waals surface area contributed by atoms with Crippen molar-refractivity contribution in [3.05, 3.63) is 20.3 Å². The van der Waals surface area contributed by atoms with Gasteiger partial charge in [0, 0.05) is 24.1 Å². The summed E-state index contributed by atoms with van der Waals surface area (Å²) in [6, 6.07) is 2.83. The summed E-state index contributed by atoms with van der Waals surface area (Å²) in [5, 5.41) is 3.69. The predicted octanol–water partition coefficient (Wildman–Crippen LogP) is 4.06. The van der Waals surface area contributed by atoms with E-state index in [9.17, 15) is 0 Å². The first-order valence-corrected chi connectivity index (χ1v) is 9.65. The molecular weight excluding hydrogens is 350 g/mol. The van der Waals surface area contributed by atoms with Crippen LogP contribution >= 0.6 is 27.3 Å². The molecule has 1 aliphatic heterocycles. The van der Waals surface area contributed by atoms with Crippen molar-refractivity contribution in [3.63, 3.8) is 0 Å². The normalized spacial score (nSPS) is 25.2. The zero-order valence-corrected chi connectivity index (χ0v) is 14.8. The van der Waals surface area contributed by atoms with E-state index >= 15 is 0 Å². The van der Waals surface area contributed by atoms with Gasteiger partial charge in [-0.05, 0) is 72.6 Å². The first-order valence-electron chi connectivity index (χ1n) is 8.04. The molecule has 3 rings (SSSR count). The Balaban J connectivity index is 1.32. The smallest absolute Gasteiger partial charge is 0.0809 e. The fourth-order valence-electron chi connectivity index (χ4n) is 3.17. The Morgan fingerprint density at radius 3 is 3.19 bits per heavy atom. The number of fused-ring (bicyclic) bond motifs is 1. The van der Waals surface area contributed by atoms with Crippen molar-refractivity contribution in [2.75, 3.05) is 26.4 Å². The summed E-state index contributed by atoms with van der Waals surface area (Å²) in [6.45, 7) is 3.55. The standard InChI is InChI=1S/C16H24BrNO2S/c17-16-10-13-14(5-1-6-15(13)21-16)18-7-3-8-19-11-12-4-2-9-20-12/h10,12,14,18H,1-9,11H2. The minimum atomic E-state index is 0.349. The fourth-order valence-corrected chi connectivity index (χ4v) is 4.99. The van der Waals surface area contributed by atoms with Crippen molar-refractivity contribution in [3.8, 4) is 0 Å². The van der Waals surface area contributed by atoms with Gasteiger partial charge in [0.1, 0.15) is 0 Å². The molecule has 118 valence electrons. The van der Waals surface area contributed by atoms with Crippen LogP contribution in [0.3, 0.4) is 0 Å². The lowest BCUT2D eigenvalue weighted by Crippen LogP contribution is -2.26. The molecule has 1 N–H and O–H groups in total. The van der Waals surface area contributed by atoms with E-state index < -0.39 is 0 Å². The average Bonchev–Trinajstić information content (AvgIpc) is 3.11. The van der Waals surface area contributed by atoms with E-state index in [1.54, 1.807) is 4.88 Å². The lowest BCUT2D eigenvalue weighted by molar-refractivity contribution is 0.0165. The zero-order valence-electron chi connectivity index (χ0n) is 12.4. The van der Waals surface area contributed by atoms with Crippen molar-refractivity contribution < 1.29 is 9.47 Å². The molecule has 0 aromatic carbocycles. The second-order valence-corrected chi connectivity index (χ2v) is 8.41. The summed E-state index contributed by atoms with van der Waals surface area (Å²) in [5.41, 5.74) is 1.51. The van der Waals surface area contributed by atoms with Crippen LogP contribution in [0.5, 0.6) is 0 Å². The Kier molecular flexibility index (Phi) is 6.12. The zero-order chi connectivity index (χ0) is 14.5. The molecule has 21 heavy (non-hydrogen) atoms. The van der Waals surface area contributed by atoms with E-state index in [1.807, 2.05) is 11.3 Å². The van der Waals surface area contributed by atoms with Gasteiger partial charge >= 0.3 is 0 Å². The summed E-state index contributed by atoms with van der Waals surface area (Å²) in [4.78, 5) is 1.56. The number of hydrogen-bond donors (Lipinski definition) is 1. The van der Waals surface area contributed by atoms with Gasteiger partial charge in [-0.1, -0.05) is 0 Å². The highest BCUT2D eigenvalue weighted by molar-refractivity contribution is 9.11. The monoisotopic (exact) mass is 373 g/mol. The van der Waals surface area contributed by atoms with E-state index in [1.165, 1.54) is 35.0 Å². The second kappa shape index (κ2) is 8.06. The third-order valence-electron chi connectivity index (χ3n) is 4.27. The van der Waals surface area contributed by atoms with Crippen LogP contribution in [0.4, 0.5) is 0 Å². The van der Waals surface area contributed by atoms with Crippen molar-refractivity contribution >= 4 is 27.3 Å². The molecule has 0 bridgehead atoms. The fraction of sp³-hybridized carbons (Fsp3) is 0.750. The van der Waals surface area contributed by atoms with E-state index in [-0.39, 0.29) is 0 Å². The molecule has 2 unspecified atom stereocenters. The third kappa shape index (κ3) is 4.52. The number of ether oxygens (including phenoxy) is 2. The number of thiophene rings is 1. The van der Waals surface area contributed by atoms with E-state index in [0.717, 1.165) is 39.2 Å². The predicted molar refractivity (Wildman–Crippen MR) is 90.1 cm³/mol. The maximum absolute atomic E-state index is 5.71. The molecule has 1 aromatic heterocycles. The first kappa shape index (κ1) is 15.9. The molecule has 1 aliphatic carbocycles. The highest BCUT2D eigenvalue weighted by Gasteiger charge is 2.22. The maximum atomic E-state index is 5.71. The number of rotatable bonds is 7. The molecule has 1 saturated heterocycles. The van der Waals surface area contributed by atoms with Gasteiger partial charge in [-0.2, -0.15) is 0 Å². The molecule has 2 atom stereocenters. The Morgan fingerprint density at radius 1 is 1.38 bits per heavy atom. The minimum Gasteiger partial charge on any atom is -0.379 e. The third-order valence-corrected chi connectivity index (χ3v) is 5.98. The minimum absolute atomic E-state index is 0.349. The van der Waals surface area contributed by atoms with Crippen LogP contribution in [0.1, 0.15) is 48.6 Å². The van der Waals surface area contributed by atoms with Gasteiger partial charge in [0.15, 0.2) is 0 Å². The summed E-state index contributed by atoms with van der Waals surface area (Å²) >= 11 is 5.51. The van der Waals surface area contributed by atoms with Crippen LogP contribution in [0.25, 0.3) is 0 Å². The lowest BCUT2D eigenvalue weighted by Gasteiger charge is -2.23. The Labute approximate surface area is 139 Å². The largest absolute Gasteiger partial charge is 0.379 e. The van der Waals surface area contributed by atoms with Gasteiger partial charge in [-0.3, -0.25) is 0 Å². The van der Waals surface area contributed by atoms with Crippen LogP contribution < -0.4 is 5.32 Å². The van der Waals surface area contributed by atoms with Gasteiger partial charge in [0.25, 0.3) is 0 Å². The molecular formula is C16H24BrNO2S. The molecule has 1 aromatic rings. The SMILES string of the molecule is Brc1cc2c(s1)CCCC2NCCCOCC1CCCO1. The van der Waals surface area contributed by atoms with Crippen molar-refractivity contribution in [1.82, 2.24) is 5.32 Å². The van der Waals surface area contributed by atoms with Gasteiger partial charge in [0.05, 0.1) is 16.5 Å². The Morgan fingerprint density at radius 2 is 2.33 bits per heavy atom. The quantitative estimate of drug-likeness (QED) is 0.730. The van der Waals surface area contributed by atoms with Crippen molar-refractivity contribution in [2.45, 2.75) is 50.7 Å². The van der Waals surface area contributed by atoms with Crippen molar-refractivity contribution in [1.29, 1.82) is 0 Å². The molecule has 5 heteroatoms. The van der Waals surface area contributed by atoms with Gasteiger partial charge in [-0.25, -0.2) is 0 Å². The van der Waals surface area contributed by atoms with Crippen LogP contribution in [0, 0.1) is 0 Å².